The standard InChI is InChI=1S/C17H23FN2O2/c1-22-17(21)13-4-6-20(7-5-13)11-12-2-3-15(16(18)8-12)14-9-19-10-14/h2-3,8,13-14,19H,4-7,9-11H2,1H3. The Morgan fingerprint density at radius 3 is 2.64 bits per heavy atom. The van der Waals surface area contributed by atoms with Gasteiger partial charge in [0.15, 0.2) is 0 Å². The molecule has 0 atom stereocenters. The Kier molecular flexibility index (Phi) is 4.74. The first-order valence-corrected chi connectivity index (χ1v) is 7.96. The van der Waals surface area contributed by atoms with Gasteiger partial charge in [0.1, 0.15) is 5.82 Å². The van der Waals surface area contributed by atoms with Crippen LogP contribution in [0.4, 0.5) is 4.39 Å². The molecule has 2 saturated heterocycles. The van der Waals surface area contributed by atoms with Crippen molar-refractivity contribution in [2.24, 2.45) is 5.92 Å². The number of piperidine rings is 1. The van der Waals surface area contributed by atoms with E-state index >= 15 is 0 Å². The molecule has 0 aromatic heterocycles. The molecule has 1 aromatic rings. The Hall–Kier alpha value is -1.46. The molecule has 0 saturated carbocycles. The normalized spacial score (nSPS) is 20.6. The quantitative estimate of drug-likeness (QED) is 0.863. The third kappa shape index (κ3) is 3.31. The Bertz CT molecular complexity index is 537. The van der Waals surface area contributed by atoms with Crippen molar-refractivity contribution in [2.45, 2.75) is 25.3 Å². The molecule has 2 aliphatic heterocycles. The number of hydrogen-bond acceptors (Lipinski definition) is 4. The fourth-order valence-corrected chi connectivity index (χ4v) is 3.26. The van der Waals surface area contributed by atoms with Crippen LogP contribution in [0.3, 0.4) is 0 Å². The number of hydrogen-bond donors (Lipinski definition) is 1. The third-order valence-corrected chi connectivity index (χ3v) is 4.81. The summed E-state index contributed by atoms with van der Waals surface area (Å²) in [5, 5.41) is 3.17. The predicted octanol–water partition coefficient (Wildman–Crippen LogP) is 1.90. The topological polar surface area (TPSA) is 41.6 Å². The zero-order valence-corrected chi connectivity index (χ0v) is 13.0. The lowest BCUT2D eigenvalue weighted by molar-refractivity contribution is -0.147. The molecule has 0 radical (unpaired) electrons. The summed E-state index contributed by atoms with van der Waals surface area (Å²) < 4.78 is 19.0. The fourth-order valence-electron chi connectivity index (χ4n) is 3.26. The minimum Gasteiger partial charge on any atom is -0.469 e. The Morgan fingerprint density at radius 1 is 1.36 bits per heavy atom. The van der Waals surface area contributed by atoms with Crippen molar-refractivity contribution < 1.29 is 13.9 Å². The van der Waals surface area contributed by atoms with E-state index in [2.05, 4.69) is 10.2 Å². The van der Waals surface area contributed by atoms with Crippen molar-refractivity contribution in [3.05, 3.63) is 35.1 Å². The van der Waals surface area contributed by atoms with E-state index in [4.69, 9.17) is 4.74 Å². The van der Waals surface area contributed by atoms with Crippen LogP contribution in [0, 0.1) is 11.7 Å². The van der Waals surface area contributed by atoms with Crippen molar-refractivity contribution in [2.75, 3.05) is 33.3 Å². The van der Waals surface area contributed by atoms with Crippen LogP contribution in [-0.4, -0.2) is 44.2 Å². The SMILES string of the molecule is COC(=O)C1CCN(Cc2ccc(C3CNC3)c(F)c2)CC1. The van der Waals surface area contributed by atoms with Gasteiger partial charge >= 0.3 is 5.97 Å². The van der Waals surface area contributed by atoms with Gasteiger partial charge in [-0.2, -0.15) is 0 Å². The number of rotatable bonds is 4. The summed E-state index contributed by atoms with van der Waals surface area (Å²) >= 11 is 0. The maximum absolute atomic E-state index is 14.2. The molecule has 22 heavy (non-hydrogen) atoms. The number of halogens is 1. The molecule has 0 unspecified atom stereocenters. The second kappa shape index (κ2) is 6.75. The maximum Gasteiger partial charge on any atom is 0.308 e. The first kappa shape index (κ1) is 15.4. The highest BCUT2D eigenvalue weighted by atomic mass is 19.1. The number of benzene rings is 1. The lowest BCUT2D eigenvalue weighted by atomic mass is 9.92. The van der Waals surface area contributed by atoms with Gasteiger partial charge in [-0.3, -0.25) is 9.69 Å². The zero-order valence-electron chi connectivity index (χ0n) is 13.0. The molecule has 0 amide bonds. The van der Waals surface area contributed by atoms with Gasteiger partial charge in [-0.1, -0.05) is 12.1 Å². The summed E-state index contributed by atoms with van der Waals surface area (Å²) in [6.07, 6.45) is 1.64. The van der Waals surface area contributed by atoms with Gasteiger partial charge in [-0.25, -0.2) is 4.39 Å². The van der Waals surface area contributed by atoms with E-state index in [1.807, 2.05) is 12.1 Å². The summed E-state index contributed by atoms with van der Waals surface area (Å²) in [6.45, 7) is 4.20. The Balaban J connectivity index is 1.55. The van der Waals surface area contributed by atoms with Crippen molar-refractivity contribution in [1.82, 2.24) is 10.2 Å². The number of carbonyl (C=O) groups is 1. The molecule has 0 bridgehead atoms. The molecule has 2 aliphatic rings. The van der Waals surface area contributed by atoms with Crippen molar-refractivity contribution in [3.8, 4) is 0 Å². The monoisotopic (exact) mass is 306 g/mol. The lowest BCUT2D eigenvalue weighted by Crippen LogP contribution is -2.40. The van der Waals surface area contributed by atoms with Gasteiger partial charge in [0, 0.05) is 25.6 Å². The van der Waals surface area contributed by atoms with Crippen molar-refractivity contribution in [3.63, 3.8) is 0 Å². The molecule has 3 rings (SSSR count). The molecular weight excluding hydrogens is 283 g/mol. The minimum atomic E-state index is -0.107. The third-order valence-electron chi connectivity index (χ3n) is 4.81. The van der Waals surface area contributed by atoms with Gasteiger partial charge in [0.25, 0.3) is 0 Å². The smallest absolute Gasteiger partial charge is 0.308 e. The van der Waals surface area contributed by atoms with E-state index in [-0.39, 0.29) is 17.7 Å². The summed E-state index contributed by atoms with van der Waals surface area (Å²) in [4.78, 5) is 13.8. The number of nitrogens with zero attached hydrogens (tertiary/aromatic N) is 1. The van der Waals surface area contributed by atoms with Gasteiger partial charge in [0.05, 0.1) is 13.0 Å². The fraction of sp³-hybridized carbons (Fsp3) is 0.588. The van der Waals surface area contributed by atoms with E-state index in [0.717, 1.165) is 56.7 Å². The zero-order chi connectivity index (χ0) is 15.5. The van der Waals surface area contributed by atoms with Crippen LogP contribution in [0.5, 0.6) is 0 Å². The number of esters is 1. The maximum atomic E-state index is 14.2. The summed E-state index contributed by atoms with van der Waals surface area (Å²) in [7, 11) is 1.44. The van der Waals surface area contributed by atoms with Crippen LogP contribution in [0.1, 0.15) is 29.9 Å². The second-order valence-electron chi connectivity index (χ2n) is 6.28. The molecule has 2 heterocycles. The first-order valence-electron chi connectivity index (χ1n) is 7.96. The van der Waals surface area contributed by atoms with Gasteiger partial charge in [-0.05, 0) is 43.1 Å². The number of ether oxygens (including phenoxy) is 1. The molecule has 1 aromatic carbocycles. The molecule has 2 fully saturated rings. The van der Waals surface area contributed by atoms with Crippen LogP contribution in [0.15, 0.2) is 18.2 Å². The van der Waals surface area contributed by atoms with Gasteiger partial charge in [0.2, 0.25) is 0 Å². The van der Waals surface area contributed by atoms with E-state index < -0.39 is 0 Å². The van der Waals surface area contributed by atoms with E-state index in [0.29, 0.717) is 5.92 Å². The van der Waals surface area contributed by atoms with E-state index in [1.165, 1.54) is 7.11 Å². The summed E-state index contributed by atoms with van der Waals surface area (Å²) in [6, 6.07) is 5.63. The molecule has 5 heteroatoms. The van der Waals surface area contributed by atoms with Crippen molar-refractivity contribution in [1.29, 1.82) is 0 Å². The predicted molar refractivity (Wildman–Crippen MR) is 82.0 cm³/mol. The molecule has 0 aliphatic carbocycles. The summed E-state index contributed by atoms with van der Waals surface area (Å²) in [5.74, 6) is 0.147. The second-order valence-corrected chi connectivity index (χ2v) is 6.28. The highest BCUT2D eigenvalue weighted by Gasteiger charge is 2.26. The molecule has 0 spiro atoms. The van der Waals surface area contributed by atoms with Crippen LogP contribution in [0.25, 0.3) is 0 Å². The number of methoxy groups -OCH3 is 1. The average Bonchev–Trinajstić information content (AvgIpc) is 2.48. The lowest BCUT2D eigenvalue weighted by Gasteiger charge is -2.31. The first-order chi connectivity index (χ1) is 10.7. The molecule has 4 nitrogen and oxygen atoms in total. The van der Waals surface area contributed by atoms with Crippen LogP contribution < -0.4 is 5.32 Å². The van der Waals surface area contributed by atoms with Crippen LogP contribution in [-0.2, 0) is 16.1 Å². The molecular formula is C17H23FN2O2. The average molecular weight is 306 g/mol. The van der Waals surface area contributed by atoms with Crippen molar-refractivity contribution >= 4 is 5.97 Å². The number of likely N-dealkylation sites (tertiary alicyclic amines) is 1. The highest BCUT2D eigenvalue weighted by Crippen LogP contribution is 2.25. The number of nitrogens with one attached hydrogen (secondary N) is 1. The minimum absolute atomic E-state index is 0.0199. The largest absolute Gasteiger partial charge is 0.469 e. The van der Waals surface area contributed by atoms with Gasteiger partial charge < -0.3 is 10.1 Å². The van der Waals surface area contributed by atoms with Crippen LogP contribution >= 0.6 is 0 Å². The molecule has 1 N–H and O–H groups in total. The summed E-state index contributed by atoms with van der Waals surface area (Å²) in [5.41, 5.74) is 1.83. The number of carbonyl (C=O) groups excluding carboxylic acids is 1. The Labute approximate surface area is 130 Å². The van der Waals surface area contributed by atoms with E-state index in [9.17, 15) is 9.18 Å². The Morgan fingerprint density at radius 2 is 2.09 bits per heavy atom. The van der Waals surface area contributed by atoms with E-state index in [1.54, 1.807) is 6.07 Å². The highest BCUT2D eigenvalue weighted by molar-refractivity contribution is 5.72. The van der Waals surface area contributed by atoms with Gasteiger partial charge in [-0.15, -0.1) is 0 Å². The van der Waals surface area contributed by atoms with Crippen LogP contribution in [0.2, 0.25) is 0 Å². The molecule has 120 valence electrons.